The zero-order chi connectivity index (χ0) is 18.2. The summed E-state index contributed by atoms with van der Waals surface area (Å²) in [5, 5.41) is 2.71. The molecule has 0 aliphatic rings. The Hall–Kier alpha value is -2.82. The minimum atomic E-state index is -0.467. The van der Waals surface area contributed by atoms with Gasteiger partial charge in [-0.3, -0.25) is 9.59 Å². The van der Waals surface area contributed by atoms with E-state index >= 15 is 0 Å². The van der Waals surface area contributed by atoms with Crippen LogP contribution in [0, 0.1) is 20.8 Å². The maximum atomic E-state index is 11.8. The molecule has 2 aromatic carbocycles. The quantitative estimate of drug-likeness (QED) is 0.782. The lowest BCUT2D eigenvalue weighted by molar-refractivity contribution is -0.147. The molecule has 1 amide bonds. The molecule has 0 saturated carbocycles. The van der Waals surface area contributed by atoms with Gasteiger partial charge in [0, 0.05) is 5.69 Å². The van der Waals surface area contributed by atoms with Gasteiger partial charge in [0.25, 0.3) is 5.91 Å². The number of anilines is 1. The largest absolute Gasteiger partial charge is 0.493 e. The third-order valence-electron chi connectivity index (χ3n) is 3.69. The van der Waals surface area contributed by atoms with Gasteiger partial charge in [0.1, 0.15) is 5.75 Å². The fourth-order valence-corrected chi connectivity index (χ4v) is 2.22. The maximum absolute atomic E-state index is 11.8. The van der Waals surface area contributed by atoms with E-state index in [1.165, 1.54) is 0 Å². The second-order valence-electron chi connectivity index (χ2n) is 5.89. The zero-order valence-corrected chi connectivity index (χ0v) is 14.8. The van der Waals surface area contributed by atoms with Crippen LogP contribution in [0.25, 0.3) is 0 Å². The van der Waals surface area contributed by atoms with Gasteiger partial charge in [-0.2, -0.15) is 0 Å². The van der Waals surface area contributed by atoms with Crippen LogP contribution in [-0.2, 0) is 14.3 Å². The van der Waals surface area contributed by atoms with Crippen molar-refractivity contribution < 1.29 is 19.1 Å². The summed E-state index contributed by atoms with van der Waals surface area (Å²) in [4.78, 5) is 23.6. The van der Waals surface area contributed by atoms with Gasteiger partial charge in [-0.25, -0.2) is 0 Å². The molecule has 25 heavy (non-hydrogen) atoms. The van der Waals surface area contributed by atoms with E-state index in [9.17, 15) is 9.59 Å². The number of esters is 1. The molecular formula is C20H23NO4. The highest BCUT2D eigenvalue weighted by atomic mass is 16.5. The molecule has 5 heteroatoms. The van der Waals surface area contributed by atoms with E-state index in [0.29, 0.717) is 5.69 Å². The molecule has 5 nitrogen and oxygen atoms in total. The smallest absolute Gasteiger partial charge is 0.309 e. The van der Waals surface area contributed by atoms with Crippen molar-refractivity contribution in [1.29, 1.82) is 0 Å². The molecule has 0 radical (unpaired) electrons. The number of carbonyl (C=O) groups is 2. The van der Waals surface area contributed by atoms with E-state index in [1.807, 2.05) is 57.2 Å². The fraction of sp³-hybridized carbons (Fsp3) is 0.300. The number of hydrogen-bond acceptors (Lipinski definition) is 4. The Kier molecular flexibility index (Phi) is 6.57. The standard InChI is InChI=1S/C20H23NO4/c1-14-8-9-16(3)18(12-14)24-11-10-20(23)25-13-19(22)21-17-7-5-4-6-15(17)2/h4-9,12H,10-11,13H2,1-3H3,(H,21,22). The highest BCUT2D eigenvalue weighted by Gasteiger charge is 2.09. The summed E-state index contributed by atoms with van der Waals surface area (Å²) in [6, 6.07) is 13.3. The highest BCUT2D eigenvalue weighted by molar-refractivity contribution is 5.93. The number of ether oxygens (including phenoxy) is 2. The van der Waals surface area contributed by atoms with Gasteiger partial charge in [0.2, 0.25) is 0 Å². The molecular weight excluding hydrogens is 318 g/mol. The lowest BCUT2D eigenvalue weighted by Crippen LogP contribution is -2.22. The third kappa shape index (κ3) is 5.95. The Morgan fingerprint density at radius 2 is 1.76 bits per heavy atom. The van der Waals surface area contributed by atoms with E-state index in [1.54, 1.807) is 6.07 Å². The van der Waals surface area contributed by atoms with Crippen molar-refractivity contribution in [1.82, 2.24) is 0 Å². The number of carbonyl (C=O) groups excluding carboxylic acids is 2. The van der Waals surface area contributed by atoms with Crippen LogP contribution >= 0.6 is 0 Å². The van der Waals surface area contributed by atoms with Crippen LogP contribution in [0.1, 0.15) is 23.1 Å². The van der Waals surface area contributed by atoms with Crippen molar-refractivity contribution in [2.24, 2.45) is 0 Å². The number of amides is 1. The first-order valence-electron chi connectivity index (χ1n) is 8.17. The van der Waals surface area contributed by atoms with Crippen molar-refractivity contribution in [3.63, 3.8) is 0 Å². The Morgan fingerprint density at radius 3 is 2.52 bits per heavy atom. The van der Waals surface area contributed by atoms with Crippen molar-refractivity contribution in [3.05, 3.63) is 59.2 Å². The van der Waals surface area contributed by atoms with Crippen molar-refractivity contribution in [3.8, 4) is 5.75 Å². The molecule has 0 bridgehead atoms. The first-order valence-corrected chi connectivity index (χ1v) is 8.17. The number of para-hydroxylation sites is 1. The molecule has 2 aromatic rings. The molecule has 0 atom stereocenters. The van der Waals surface area contributed by atoms with E-state index in [0.717, 1.165) is 22.4 Å². The zero-order valence-electron chi connectivity index (χ0n) is 14.8. The van der Waals surface area contributed by atoms with Gasteiger partial charge in [-0.15, -0.1) is 0 Å². The molecule has 0 fully saturated rings. The summed E-state index contributed by atoms with van der Waals surface area (Å²) in [6.45, 7) is 5.72. The average Bonchev–Trinajstić information content (AvgIpc) is 2.58. The van der Waals surface area contributed by atoms with Crippen LogP contribution in [0.4, 0.5) is 5.69 Å². The summed E-state index contributed by atoms with van der Waals surface area (Å²) >= 11 is 0. The normalized spacial score (nSPS) is 10.2. The summed E-state index contributed by atoms with van der Waals surface area (Å²) in [5.41, 5.74) is 3.76. The van der Waals surface area contributed by atoms with Crippen LogP contribution in [0.15, 0.2) is 42.5 Å². The minimum Gasteiger partial charge on any atom is -0.493 e. The van der Waals surface area contributed by atoms with Gasteiger partial charge < -0.3 is 14.8 Å². The number of aryl methyl sites for hydroxylation is 3. The fourth-order valence-electron chi connectivity index (χ4n) is 2.22. The molecule has 0 aromatic heterocycles. The van der Waals surface area contributed by atoms with Gasteiger partial charge in [0.05, 0.1) is 13.0 Å². The highest BCUT2D eigenvalue weighted by Crippen LogP contribution is 2.19. The first-order chi connectivity index (χ1) is 12.0. The molecule has 0 saturated heterocycles. The molecule has 0 heterocycles. The van der Waals surface area contributed by atoms with Crippen LogP contribution in [-0.4, -0.2) is 25.1 Å². The third-order valence-corrected chi connectivity index (χ3v) is 3.69. The molecule has 2 rings (SSSR count). The number of benzene rings is 2. The molecule has 0 spiro atoms. The molecule has 0 unspecified atom stereocenters. The van der Waals surface area contributed by atoms with Crippen molar-refractivity contribution >= 4 is 17.6 Å². The lowest BCUT2D eigenvalue weighted by Gasteiger charge is -2.10. The van der Waals surface area contributed by atoms with Crippen LogP contribution in [0.2, 0.25) is 0 Å². The Morgan fingerprint density at radius 1 is 1.00 bits per heavy atom. The maximum Gasteiger partial charge on any atom is 0.309 e. The molecule has 0 aliphatic carbocycles. The molecule has 0 aliphatic heterocycles. The Bertz CT molecular complexity index is 755. The predicted octanol–water partition coefficient (Wildman–Crippen LogP) is 3.56. The van der Waals surface area contributed by atoms with Crippen molar-refractivity contribution in [2.45, 2.75) is 27.2 Å². The Labute approximate surface area is 148 Å². The average molecular weight is 341 g/mol. The minimum absolute atomic E-state index is 0.0883. The van der Waals surface area contributed by atoms with Gasteiger partial charge in [-0.1, -0.05) is 30.3 Å². The van der Waals surface area contributed by atoms with E-state index in [-0.39, 0.29) is 25.5 Å². The second kappa shape index (κ2) is 8.87. The van der Waals surface area contributed by atoms with E-state index < -0.39 is 5.97 Å². The summed E-state index contributed by atoms with van der Waals surface area (Å²) < 4.78 is 10.6. The number of rotatable bonds is 7. The van der Waals surface area contributed by atoms with Crippen LogP contribution in [0.5, 0.6) is 5.75 Å². The number of hydrogen-bond donors (Lipinski definition) is 1. The summed E-state index contributed by atoms with van der Waals surface area (Å²) in [6.07, 6.45) is 0.0883. The Balaban J connectivity index is 1.71. The van der Waals surface area contributed by atoms with Crippen LogP contribution in [0.3, 0.4) is 0 Å². The van der Waals surface area contributed by atoms with Crippen LogP contribution < -0.4 is 10.1 Å². The lowest BCUT2D eigenvalue weighted by atomic mass is 10.1. The first kappa shape index (κ1) is 18.5. The predicted molar refractivity (Wildman–Crippen MR) is 96.8 cm³/mol. The second-order valence-corrected chi connectivity index (χ2v) is 5.89. The summed E-state index contributed by atoms with van der Waals surface area (Å²) in [7, 11) is 0. The van der Waals surface area contributed by atoms with E-state index in [2.05, 4.69) is 5.32 Å². The van der Waals surface area contributed by atoms with Gasteiger partial charge in [0.15, 0.2) is 6.61 Å². The molecule has 1 N–H and O–H groups in total. The van der Waals surface area contributed by atoms with Gasteiger partial charge >= 0.3 is 5.97 Å². The monoisotopic (exact) mass is 341 g/mol. The SMILES string of the molecule is Cc1ccc(C)c(OCCC(=O)OCC(=O)Nc2ccccc2C)c1. The summed E-state index contributed by atoms with van der Waals surface area (Å²) in [5.74, 6) is -0.0755. The van der Waals surface area contributed by atoms with Crippen molar-refractivity contribution in [2.75, 3.05) is 18.5 Å². The number of nitrogens with one attached hydrogen (secondary N) is 1. The van der Waals surface area contributed by atoms with Gasteiger partial charge in [-0.05, 0) is 49.6 Å². The molecule has 132 valence electrons. The topological polar surface area (TPSA) is 64.6 Å². The van der Waals surface area contributed by atoms with E-state index in [4.69, 9.17) is 9.47 Å².